The predicted octanol–water partition coefficient (Wildman–Crippen LogP) is 2.84. The Labute approximate surface area is 276 Å². The zero-order chi connectivity index (χ0) is 33.8. The number of ether oxygens (including phenoxy) is 3. The van der Waals surface area contributed by atoms with Crippen LogP contribution in [0, 0.1) is 5.92 Å². The molecule has 0 saturated carbocycles. The monoisotopic (exact) mass is 650 g/mol. The largest absolute Gasteiger partial charge is 0.465 e. The molecular formula is C35H46N4O8. The molecule has 2 fully saturated rings. The van der Waals surface area contributed by atoms with Crippen LogP contribution >= 0.6 is 0 Å². The van der Waals surface area contributed by atoms with Crippen LogP contribution in [0.2, 0.25) is 0 Å². The molecule has 0 aliphatic carbocycles. The minimum Gasteiger partial charge on any atom is -0.465 e. The van der Waals surface area contributed by atoms with Crippen molar-refractivity contribution in [3.8, 4) is 0 Å². The third-order valence-electron chi connectivity index (χ3n) is 8.66. The van der Waals surface area contributed by atoms with Gasteiger partial charge in [0.05, 0.1) is 25.3 Å². The van der Waals surface area contributed by atoms with E-state index in [0.29, 0.717) is 32.2 Å². The number of aryl methyl sites for hydroxylation is 1. The number of amides is 3. The minimum absolute atomic E-state index is 0.0210. The van der Waals surface area contributed by atoms with Crippen LogP contribution in [0.15, 0.2) is 60.7 Å². The van der Waals surface area contributed by atoms with Crippen molar-refractivity contribution >= 4 is 29.8 Å². The van der Waals surface area contributed by atoms with Crippen LogP contribution in [0.4, 0.5) is 4.79 Å². The fourth-order valence-corrected chi connectivity index (χ4v) is 6.29. The second-order valence-electron chi connectivity index (χ2n) is 11.8. The van der Waals surface area contributed by atoms with E-state index >= 15 is 0 Å². The Morgan fingerprint density at radius 3 is 2.21 bits per heavy atom. The molecule has 2 aromatic carbocycles. The summed E-state index contributed by atoms with van der Waals surface area (Å²) in [7, 11) is 0. The second-order valence-corrected chi connectivity index (χ2v) is 11.8. The normalized spacial score (nSPS) is 20.0. The SMILES string of the molecule is CCOC(=O)[C@@H](CCc1ccccc1)N[C@@H](C)C(=O)N1[C@H](C(=O)OCC)C[C@H]2CCN(C(=O)CNC(=O)OCc3ccccc3)C[C@@H]21. The average molecular weight is 651 g/mol. The van der Waals surface area contributed by atoms with Gasteiger partial charge in [-0.25, -0.2) is 9.59 Å². The van der Waals surface area contributed by atoms with E-state index in [4.69, 9.17) is 14.2 Å². The molecule has 0 spiro atoms. The van der Waals surface area contributed by atoms with Gasteiger partial charge in [0.1, 0.15) is 25.2 Å². The number of fused-ring (bicyclic) bond motifs is 1. The molecule has 5 atom stereocenters. The quantitative estimate of drug-likeness (QED) is 0.233. The first-order chi connectivity index (χ1) is 22.7. The predicted molar refractivity (Wildman–Crippen MR) is 173 cm³/mol. The van der Waals surface area contributed by atoms with E-state index in [1.807, 2.05) is 60.7 Å². The first-order valence-electron chi connectivity index (χ1n) is 16.4. The Bertz CT molecular complexity index is 1360. The summed E-state index contributed by atoms with van der Waals surface area (Å²) >= 11 is 0. The molecule has 2 aliphatic heterocycles. The van der Waals surface area contributed by atoms with E-state index in [9.17, 15) is 24.0 Å². The van der Waals surface area contributed by atoms with E-state index in [1.165, 1.54) is 0 Å². The smallest absolute Gasteiger partial charge is 0.407 e. The van der Waals surface area contributed by atoms with E-state index in [1.54, 1.807) is 30.6 Å². The Kier molecular flexibility index (Phi) is 13.2. The number of likely N-dealkylation sites (tertiary alicyclic amines) is 2. The third-order valence-corrected chi connectivity index (χ3v) is 8.66. The van der Waals surface area contributed by atoms with Gasteiger partial charge in [-0.15, -0.1) is 0 Å². The second kappa shape index (κ2) is 17.5. The highest BCUT2D eigenvalue weighted by atomic mass is 16.5. The number of carbonyl (C=O) groups excluding carboxylic acids is 5. The average Bonchev–Trinajstić information content (AvgIpc) is 3.47. The van der Waals surface area contributed by atoms with Crippen LogP contribution in [0.5, 0.6) is 0 Å². The summed E-state index contributed by atoms with van der Waals surface area (Å²) in [5, 5.41) is 5.68. The number of hydrogen-bond acceptors (Lipinski definition) is 9. The van der Waals surface area contributed by atoms with Gasteiger partial charge in [-0.05, 0) is 63.5 Å². The zero-order valence-corrected chi connectivity index (χ0v) is 27.4. The van der Waals surface area contributed by atoms with Crippen LogP contribution in [0.3, 0.4) is 0 Å². The molecule has 2 aromatic rings. The molecule has 2 N–H and O–H groups in total. The number of nitrogens with one attached hydrogen (secondary N) is 2. The molecule has 0 radical (unpaired) electrons. The molecule has 12 heteroatoms. The highest BCUT2D eigenvalue weighted by Gasteiger charge is 2.51. The molecule has 2 saturated heterocycles. The Morgan fingerprint density at radius 1 is 0.894 bits per heavy atom. The van der Waals surface area contributed by atoms with Gasteiger partial charge < -0.3 is 29.3 Å². The molecule has 2 heterocycles. The summed E-state index contributed by atoms with van der Waals surface area (Å²) in [6, 6.07) is 16.1. The number of rotatable bonds is 14. The maximum Gasteiger partial charge on any atom is 0.407 e. The van der Waals surface area contributed by atoms with Gasteiger partial charge in [0.2, 0.25) is 11.8 Å². The van der Waals surface area contributed by atoms with Gasteiger partial charge in [0.25, 0.3) is 0 Å². The molecule has 3 amide bonds. The summed E-state index contributed by atoms with van der Waals surface area (Å²) in [5.41, 5.74) is 1.88. The minimum atomic E-state index is -0.831. The van der Waals surface area contributed by atoms with E-state index < -0.39 is 42.2 Å². The van der Waals surface area contributed by atoms with Crippen molar-refractivity contribution < 1.29 is 38.2 Å². The van der Waals surface area contributed by atoms with Gasteiger partial charge in [-0.1, -0.05) is 60.7 Å². The Hall–Kier alpha value is -4.45. The third kappa shape index (κ3) is 9.77. The maximum atomic E-state index is 14.1. The van der Waals surface area contributed by atoms with E-state index in [-0.39, 0.29) is 50.6 Å². The Balaban J connectivity index is 1.41. The van der Waals surface area contributed by atoms with Crippen molar-refractivity contribution in [2.75, 3.05) is 32.8 Å². The van der Waals surface area contributed by atoms with Crippen LogP contribution in [-0.4, -0.2) is 96.7 Å². The highest BCUT2D eigenvalue weighted by molar-refractivity contribution is 5.89. The number of piperidine rings is 1. The van der Waals surface area contributed by atoms with Crippen LogP contribution in [-0.2, 0) is 46.4 Å². The van der Waals surface area contributed by atoms with Gasteiger partial charge in [-0.2, -0.15) is 0 Å². The lowest BCUT2D eigenvalue weighted by atomic mass is 9.91. The summed E-state index contributed by atoms with van der Waals surface area (Å²) < 4.78 is 15.9. The van der Waals surface area contributed by atoms with Crippen molar-refractivity contribution in [1.29, 1.82) is 0 Å². The van der Waals surface area contributed by atoms with E-state index in [2.05, 4.69) is 10.6 Å². The highest BCUT2D eigenvalue weighted by Crippen LogP contribution is 2.37. The van der Waals surface area contributed by atoms with Crippen LogP contribution < -0.4 is 10.6 Å². The molecular weight excluding hydrogens is 604 g/mol. The summed E-state index contributed by atoms with van der Waals surface area (Å²) in [4.78, 5) is 68.7. The molecule has 0 unspecified atom stereocenters. The molecule has 47 heavy (non-hydrogen) atoms. The first kappa shape index (κ1) is 35.4. The number of carbonyl (C=O) groups is 5. The number of benzene rings is 2. The number of esters is 2. The lowest BCUT2D eigenvalue weighted by molar-refractivity contribution is -0.156. The Morgan fingerprint density at radius 2 is 1.55 bits per heavy atom. The number of nitrogens with zero attached hydrogens (tertiary/aromatic N) is 2. The molecule has 0 aromatic heterocycles. The fourth-order valence-electron chi connectivity index (χ4n) is 6.29. The number of hydrogen-bond donors (Lipinski definition) is 2. The van der Waals surface area contributed by atoms with Crippen molar-refractivity contribution in [3.63, 3.8) is 0 Å². The molecule has 254 valence electrons. The van der Waals surface area contributed by atoms with Gasteiger partial charge in [-0.3, -0.25) is 19.7 Å². The molecule has 0 bridgehead atoms. The first-order valence-corrected chi connectivity index (χ1v) is 16.4. The van der Waals surface area contributed by atoms with Crippen molar-refractivity contribution in [1.82, 2.24) is 20.4 Å². The molecule has 2 aliphatic rings. The summed E-state index contributed by atoms with van der Waals surface area (Å²) in [5.74, 6) is -1.64. The lowest BCUT2D eigenvalue weighted by Gasteiger charge is -2.40. The van der Waals surface area contributed by atoms with E-state index in [0.717, 1.165) is 11.1 Å². The lowest BCUT2D eigenvalue weighted by Crippen LogP contribution is -2.59. The number of alkyl carbamates (subject to hydrolysis) is 1. The fraction of sp³-hybridized carbons (Fsp3) is 0.514. The standard InChI is InChI=1S/C35H46N4O8/c1-4-45-33(42)28(17-16-25-12-8-6-9-13-25)37-24(3)32(41)39-29(34(43)46-5-2)20-27-18-19-38(22-30(27)39)31(40)21-36-35(44)47-23-26-14-10-7-11-15-26/h6-15,24,27-30,37H,4-5,16-23H2,1-3H3,(H,36,44)/t24-,27+,28+,29-,30-/m0/s1. The van der Waals surface area contributed by atoms with Crippen LogP contribution in [0.25, 0.3) is 0 Å². The molecule has 12 nitrogen and oxygen atoms in total. The summed E-state index contributed by atoms with van der Waals surface area (Å²) in [6.07, 6.45) is 1.31. The van der Waals surface area contributed by atoms with Crippen molar-refractivity contribution in [2.24, 2.45) is 5.92 Å². The topological polar surface area (TPSA) is 144 Å². The summed E-state index contributed by atoms with van der Waals surface area (Å²) in [6.45, 7) is 5.93. The zero-order valence-electron chi connectivity index (χ0n) is 27.4. The van der Waals surface area contributed by atoms with Crippen molar-refractivity contribution in [2.45, 2.75) is 77.2 Å². The molecule has 4 rings (SSSR count). The van der Waals surface area contributed by atoms with Gasteiger partial charge >= 0.3 is 18.0 Å². The maximum absolute atomic E-state index is 14.1. The van der Waals surface area contributed by atoms with Crippen molar-refractivity contribution in [3.05, 3.63) is 71.8 Å². The van der Waals surface area contributed by atoms with Crippen LogP contribution in [0.1, 0.15) is 51.2 Å². The van der Waals surface area contributed by atoms with Gasteiger partial charge in [0.15, 0.2) is 0 Å². The van der Waals surface area contributed by atoms with Gasteiger partial charge in [0, 0.05) is 13.1 Å².